The van der Waals surface area contributed by atoms with Crippen LogP contribution in [0.3, 0.4) is 0 Å². The second-order valence-corrected chi connectivity index (χ2v) is 3.41. The van der Waals surface area contributed by atoms with Gasteiger partial charge in [-0.2, -0.15) is 4.98 Å². The molecule has 0 radical (unpaired) electrons. The van der Waals surface area contributed by atoms with Gasteiger partial charge in [0.05, 0.1) is 12.1 Å². The molecule has 0 aliphatic carbocycles. The van der Waals surface area contributed by atoms with Crippen molar-refractivity contribution in [2.24, 2.45) is 0 Å². The molecule has 0 aliphatic heterocycles. The van der Waals surface area contributed by atoms with Crippen LogP contribution < -0.4 is 5.32 Å². The molecule has 0 unspecified atom stereocenters. The SMILES string of the molecule is C=CCNCc1nc(-c2ccccc2F)no1. The first-order chi connectivity index (χ1) is 8.31. The quantitative estimate of drug-likeness (QED) is 0.635. The van der Waals surface area contributed by atoms with E-state index in [0.29, 0.717) is 24.5 Å². The van der Waals surface area contributed by atoms with Crippen molar-refractivity contribution in [3.63, 3.8) is 0 Å². The fourth-order valence-electron chi connectivity index (χ4n) is 1.36. The van der Waals surface area contributed by atoms with Crippen molar-refractivity contribution in [1.29, 1.82) is 0 Å². The number of aromatic nitrogens is 2. The molecule has 1 heterocycles. The van der Waals surface area contributed by atoms with Gasteiger partial charge in [-0.15, -0.1) is 6.58 Å². The Morgan fingerprint density at radius 1 is 1.41 bits per heavy atom. The van der Waals surface area contributed by atoms with Crippen LogP contribution in [0.2, 0.25) is 0 Å². The molecule has 2 aromatic rings. The molecule has 1 aromatic carbocycles. The van der Waals surface area contributed by atoms with E-state index in [1.54, 1.807) is 24.3 Å². The van der Waals surface area contributed by atoms with Gasteiger partial charge in [0.25, 0.3) is 0 Å². The molecule has 4 nitrogen and oxygen atoms in total. The van der Waals surface area contributed by atoms with Crippen LogP contribution in [0.1, 0.15) is 5.89 Å². The van der Waals surface area contributed by atoms with Crippen LogP contribution in [0, 0.1) is 5.82 Å². The molecule has 0 saturated carbocycles. The number of benzene rings is 1. The third-order valence-corrected chi connectivity index (χ3v) is 2.15. The largest absolute Gasteiger partial charge is 0.338 e. The van der Waals surface area contributed by atoms with Gasteiger partial charge in [-0.3, -0.25) is 0 Å². The summed E-state index contributed by atoms with van der Waals surface area (Å²) < 4.78 is 18.4. The van der Waals surface area contributed by atoms with Crippen molar-refractivity contribution < 1.29 is 8.91 Å². The van der Waals surface area contributed by atoms with Crippen molar-refractivity contribution >= 4 is 0 Å². The lowest BCUT2D eigenvalue weighted by atomic mass is 10.2. The molecule has 0 amide bonds. The topological polar surface area (TPSA) is 51.0 Å². The molecule has 0 spiro atoms. The average Bonchev–Trinajstić information content (AvgIpc) is 2.79. The smallest absolute Gasteiger partial charge is 0.240 e. The summed E-state index contributed by atoms with van der Waals surface area (Å²) in [5, 5.41) is 6.76. The lowest BCUT2D eigenvalue weighted by molar-refractivity contribution is 0.370. The first-order valence-electron chi connectivity index (χ1n) is 5.20. The summed E-state index contributed by atoms with van der Waals surface area (Å²) >= 11 is 0. The highest BCUT2D eigenvalue weighted by molar-refractivity contribution is 5.54. The summed E-state index contributed by atoms with van der Waals surface area (Å²) in [7, 11) is 0. The highest BCUT2D eigenvalue weighted by Gasteiger charge is 2.11. The average molecular weight is 233 g/mol. The Labute approximate surface area is 98.2 Å². The highest BCUT2D eigenvalue weighted by atomic mass is 19.1. The fraction of sp³-hybridized carbons (Fsp3) is 0.167. The minimum absolute atomic E-state index is 0.263. The van der Waals surface area contributed by atoms with Gasteiger partial charge in [-0.25, -0.2) is 4.39 Å². The van der Waals surface area contributed by atoms with E-state index in [1.807, 2.05) is 0 Å². The van der Waals surface area contributed by atoms with Gasteiger partial charge in [0.2, 0.25) is 11.7 Å². The molecule has 0 fully saturated rings. The molecule has 1 N–H and O–H groups in total. The van der Waals surface area contributed by atoms with E-state index < -0.39 is 0 Å². The Kier molecular flexibility index (Phi) is 3.62. The maximum atomic E-state index is 13.4. The van der Waals surface area contributed by atoms with Crippen LogP contribution >= 0.6 is 0 Å². The van der Waals surface area contributed by atoms with E-state index in [2.05, 4.69) is 22.0 Å². The molecule has 1 aromatic heterocycles. The van der Waals surface area contributed by atoms with Gasteiger partial charge in [-0.05, 0) is 12.1 Å². The summed E-state index contributed by atoms with van der Waals surface area (Å²) in [6.07, 6.45) is 1.73. The number of halogens is 1. The van der Waals surface area contributed by atoms with Crippen molar-refractivity contribution in [2.45, 2.75) is 6.54 Å². The van der Waals surface area contributed by atoms with Gasteiger partial charge >= 0.3 is 0 Å². The predicted molar refractivity (Wildman–Crippen MR) is 61.6 cm³/mol. The van der Waals surface area contributed by atoms with E-state index in [-0.39, 0.29) is 11.6 Å². The number of hydrogen-bond donors (Lipinski definition) is 1. The molecule has 88 valence electrons. The second kappa shape index (κ2) is 5.36. The Morgan fingerprint density at radius 3 is 3.00 bits per heavy atom. The molecule has 0 bridgehead atoms. The fourth-order valence-corrected chi connectivity index (χ4v) is 1.36. The maximum Gasteiger partial charge on any atom is 0.240 e. The summed E-state index contributed by atoms with van der Waals surface area (Å²) in [5.41, 5.74) is 0.339. The van der Waals surface area contributed by atoms with Gasteiger partial charge in [0.1, 0.15) is 5.82 Å². The molecule has 0 saturated heterocycles. The number of hydrogen-bond acceptors (Lipinski definition) is 4. The van der Waals surface area contributed by atoms with Crippen LogP contribution in [0.4, 0.5) is 4.39 Å². The lowest BCUT2D eigenvalue weighted by Crippen LogP contribution is -2.12. The molecular weight excluding hydrogens is 221 g/mol. The zero-order chi connectivity index (χ0) is 12.1. The first kappa shape index (κ1) is 11.5. The Bertz CT molecular complexity index is 510. The molecule has 0 aliphatic rings. The van der Waals surface area contributed by atoms with E-state index >= 15 is 0 Å². The van der Waals surface area contributed by atoms with Crippen molar-refractivity contribution in [3.05, 3.63) is 48.6 Å². The Balaban J connectivity index is 2.13. The van der Waals surface area contributed by atoms with Crippen LogP contribution in [-0.4, -0.2) is 16.7 Å². The molecular formula is C12H12FN3O. The lowest BCUT2D eigenvalue weighted by Gasteiger charge is -1.95. The van der Waals surface area contributed by atoms with Gasteiger partial charge in [0.15, 0.2) is 0 Å². The van der Waals surface area contributed by atoms with Crippen molar-refractivity contribution in [2.75, 3.05) is 6.54 Å². The first-order valence-corrected chi connectivity index (χ1v) is 5.20. The van der Waals surface area contributed by atoms with Gasteiger partial charge < -0.3 is 9.84 Å². The van der Waals surface area contributed by atoms with Crippen LogP contribution in [0.25, 0.3) is 11.4 Å². The van der Waals surface area contributed by atoms with E-state index in [9.17, 15) is 4.39 Å². The second-order valence-electron chi connectivity index (χ2n) is 3.41. The van der Waals surface area contributed by atoms with Gasteiger partial charge in [-0.1, -0.05) is 23.4 Å². The molecule has 5 heteroatoms. The normalized spacial score (nSPS) is 10.4. The standard InChI is InChI=1S/C12H12FN3O/c1-2-7-14-8-11-15-12(16-17-11)9-5-3-4-6-10(9)13/h2-6,14H,1,7-8H2. The van der Waals surface area contributed by atoms with E-state index in [4.69, 9.17) is 4.52 Å². The summed E-state index contributed by atoms with van der Waals surface area (Å²) in [5.74, 6) is 0.322. The summed E-state index contributed by atoms with van der Waals surface area (Å²) in [4.78, 5) is 4.10. The van der Waals surface area contributed by atoms with Crippen molar-refractivity contribution in [3.8, 4) is 11.4 Å². The highest BCUT2D eigenvalue weighted by Crippen LogP contribution is 2.18. The zero-order valence-corrected chi connectivity index (χ0v) is 9.19. The van der Waals surface area contributed by atoms with Crippen molar-refractivity contribution in [1.82, 2.24) is 15.5 Å². The molecule has 0 atom stereocenters. The van der Waals surface area contributed by atoms with E-state index in [1.165, 1.54) is 6.07 Å². The van der Waals surface area contributed by atoms with Crippen LogP contribution in [0.15, 0.2) is 41.4 Å². The Hall–Kier alpha value is -2.01. The number of nitrogens with one attached hydrogen (secondary N) is 1. The minimum Gasteiger partial charge on any atom is -0.338 e. The minimum atomic E-state index is -0.362. The number of rotatable bonds is 5. The van der Waals surface area contributed by atoms with Crippen LogP contribution in [-0.2, 0) is 6.54 Å². The Morgan fingerprint density at radius 2 is 2.24 bits per heavy atom. The third kappa shape index (κ3) is 2.76. The summed E-state index contributed by atoms with van der Waals surface area (Å²) in [6.45, 7) is 4.67. The zero-order valence-electron chi connectivity index (χ0n) is 9.19. The third-order valence-electron chi connectivity index (χ3n) is 2.15. The predicted octanol–water partition coefficient (Wildman–Crippen LogP) is 2.15. The number of nitrogens with zero attached hydrogens (tertiary/aromatic N) is 2. The molecule has 17 heavy (non-hydrogen) atoms. The molecule has 2 rings (SSSR count). The monoisotopic (exact) mass is 233 g/mol. The van der Waals surface area contributed by atoms with E-state index in [0.717, 1.165) is 0 Å². The van der Waals surface area contributed by atoms with Crippen LogP contribution in [0.5, 0.6) is 0 Å². The summed E-state index contributed by atoms with van der Waals surface area (Å²) in [6, 6.07) is 6.32. The van der Waals surface area contributed by atoms with Gasteiger partial charge in [0, 0.05) is 6.54 Å². The maximum absolute atomic E-state index is 13.4.